The Hall–Kier alpha value is -1.49. The lowest BCUT2D eigenvalue weighted by atomic mass is 9.85. The summed E-state index contributed by atoms with van der Waals surface area (Å²) in [6.07, 6.45) is 3.35. The average Bonchev–Trinajstić information content (AvgIpc) is 2.48. The first kappa shape index (κ1) is 13.5. The number of aromatic nitrogens is 1. The van der Waals surface area contributed by atoms with Crippen LogP contribution in [-0.2, 0) is 10.0 Å². The van der Waals surface area contributed by atoms with Crippen LogP contribution >= 0.6 is 0 Å². The molecule has 2 bridgehead atoms. The van der Waals surface area contributed by atoms with E-state index in [-0.39, 0.29) is 16.6 Å². The largest absolute Gasteiger partial charge is 0.302 e. The molecule has 1 atom stereocenters. The van der Waals surface area contributed by atoms with Gasteiger partial charge in [0.15, 0.2) is 0 Å². The highest BCUT2D eigenvalue weighted by atomic mass is 32.2. The van der Waals surface area contributed by atoms with E-state index in [0.29, 0.717) is 5.92 Å². The third kappa shape index (κ3) is 2.54. The van der Waals surface area contributed by atoms with Gasteiger partial charge in [-0.1, -0.05) is 0 Å². The topological polar surface area (TPSA) is 86.1 Å². The molecule has 0 saturated carbocycles. The predicted molar refractivity (Wildman–Crippen MR) is 72.2 cm³/mol. The lowest BCUT2D eigenvalue weighted by Gasteiger charge is -2.44. The van der Waals surface area contributed by atoms with Crippen molar-refractivity contribution in [3.05, 3.63) is 24.0 Å². The van der Waals surface area contributed by atoms with Crippen molar-refractivity contribution in [1.29, 1.82) is 5.26 Å². The van der Waals surface area contributed by atoms with Gasteiger partial charge in [-0.15, -0.1) is 0 Å². The molecule has 106 valence electrons. The molecule has 20 heavy (non-hydrogen) atoms. The lowest BCUT2D eigenvalue weighted by molar-refractivity contribution is 0.0827. The second kappa shape index (κ2) is 5.13. The summed E-state index contributed by atoms with van der Waals surface area (Å²) in [5.74, 6) is 0.432. The zero-order valence-corrected chi connectivity index (χ0v) is 11.8. The number of pyridine rings is 1. The molecule has 0 aliphatic carbocycles. The maximum absolute atomic E-state index is 12.3. The molecule has 3 aliphatic rings. The molecule has 0 spiro atoms. The van der Waals surface area contributed by atoms with Crippen molar-refractivity contribution >= 4 is 10.0 Å². The Morgan fingerprint density at radius 3 is 2.60 bits per heavy atom. The molecular weight excluding hydrogens is 276 g/mol. The van der Waals surface area contributed by atoms with Crippen LogP contribution in [0.1, 0.15) is 18.5 Å². The van der Waals surface area contributed by atoms with Crippen molar-refractivity contribution < 1.29 is 8.42 Å². The molecule has 3 saturated heterocycles. The zero-order chi connectivity index (χ0) is 14.2. The highest BCUT2D eigenvalue weighted by Gasteiger charge is 2.36. The number of rotatable bonds is 3. The maximum Gasteiger partial charge on any atom is 0.242 e. The lowest BCUT2D eigenvalue weighted by Crippen LogP contribution is -2.57. The van der Waals surface area contributed by atoms with Gasteiger partial charge < -0.3 is 4.90 Å². The van der Waals surface area contributed by atoms with Crippen LogP contribution in [0.4, 0.5) is 0 Å². The van der Waals surface area contributed by atoms with Crippen LogP contribution in [0.15, 0.2) is 23.2 Å². The summed E-state index contributed by atoms with van der Waals surface area (Å²) in [6, 6.07) is 4.71. The van der Waals surface area contributed by atoms with E-state index in [1.807, 2.05) is 6.07 Å². The molecule has 1 aromatic rings. The number of nitrogens with zero attached hydrogens (tertiary/aromatic N) is 3. The van der Waals surface area contributed by atoms with E-state index in [1.165, 1.54) is 18.3 Å². The van der Waals surface area contributed by atoms with E-state index in [4.69, 9.17) is 5.26 Å². The van der Waals surface area contributed by atoms with Gasteiger partial charge in [0.05, 0.1) is 0 Å². The number of piperidine rings is 3. The molecule has 3 fully saturated rings. The van der Waals surface area contributed by atoms with Gasteiger partial charge in [0.2, 0.25) is 10.0 Å². The van der Waals surface area contributed by atoms with Crippen molar-refractivity contribution in [3.8, 4) is 6.07 Å². The molecule has 1 N–H and O–H groups in total. The zero-order valence-electron chi connectivity index (χ0n) is 11.0. The predicted octanol–water partition coefficient (Wildman–Crippen LogP) is 0.326. The Balaban J connectivity index is 1.77. The summed E-state index contributed by atoms with van der Waals surface area (Å²) in [5, 5.41) is 8.68. The van der Waals surface area contributed by atoms with Crippen LogP contribution in [0.25, 0.3) is 0 Å². The van der Waals surface area contributed by atoms with E-state index in [1.54, 1.807) is 0 Å². The van der Waals surface area contributed by atoms with Gasteiger partial charge in [0.25, 0.3) is 0 Å². The normalized spacial score (nSPS) is 29.1. The molecule has 0 aromatic carbocycles. The fourth-order valence-electron chi connectivity index (χ4n) is 2.97. The first-order valence-electron chi connectivity index (χ1n) is 6.69. The first-order valence-corrected chi connectivity index (χ1v) is 8.17. The number of hydrogen-bond donors (Lipinski definition) is 1. The molecular formula is C13H16N4O2S. The summed E-state index contributed by atoms with van der Waals surface area (Å²) in [5.41, 5.74) is 0.215. The second-order valence-corrected chi connectivity index (χ2v) is 7.07. The van der Waals surface area contributed by atoms with E-state index in [2.05, 4.69) is 14.6 Å². The van der Waals surface area contributed by atoms with Crippen molar-refractivity contribution in [1.82, 2.24) is 14.6 Å². The van der Waals surface area contributed by atoms with Crippen LogP contribution in [-0.4, -0.2) is 44.0 Å². The number of hydrogen-bond acceptors (Lipinski definition) is 5. The Kier molecular flexibility index (Phi) is 3.46. The molecule has 3 aliphatic heterocycles. The maximum atomic E-state index is 12.3. The van der Waals surface area contributed by atoms with E-state index < -0.39 is 10.0 Å². The van der Waals surface area contributed by atoms with Crippen molar-refractivity contribution in [3.63, 3.8) is 0 Å². The summed E-state index contributed by atoms with van der Waals surface area (Å²) in [4.78, 5) is 6.23. The molecule has 0 radical (unpaired) electrons. The van der Waals surface area contributed by atoms with Crippen LogP contribution < -0.4 is 4.72 Å². The molecule has 6 nitrogen and oxygen atoms in total. The van der Waals surface area contributed by atoms with Crippen molar-refractivity contribution in [2.24, 2.45) is 5.92 Å². The van der Waals surface area contributed by atoms with Crippen LogP contribution in [0.5, 0.6) is 0 Å². The second-order valence-electron chi connectivity index (χ2n) is 5.36. The van der Waals surface area contributed by atoms with E-state index in [0.717, 1.165) is 32.5 Å². The summed E-state index contributed by atoms with van der Waals surface area (Å²) in [6.45, 7) is 2.93. The number of nitrogens with one attached hydrogen (secondary N) is 1. The third-order valence-electron chi connectivity index (χ3n) is 4.12. The Bertz CT molecular complexity index is 627. The molecule has 4 rings (SSSR count). The van der Waals surface area contributed by atoms with Gasteiger partial charge in [-0.2, -0.15) is 5.26 Å². The van der Waals surface area contributed by atoms with Gasteiger partial charge in [0, 0.05) is 18.8 Å². The SMILES string of the molecule is N#Cc1ccc(S(=O)(=O)NC2CN3CCC2CC3)cn1. The molecule has 7 heteroatoms. The number of fused-ring (bicyclic) bond motifs is 3. The van der Waals surface area contributed by atoms with Crippen LogP contribution in [0.3, 0.4) is 0 Å². The Morgan fingerprint density at radius 2 is 2.10 bits per heavy atom. The smallest absolute Gasteiger partial charge is 0.242 e. The number of sulfonamides is 1. The monoisotopic (exact) mass is 292 g/mol. The van der Waals surface area contributed by atoms with Crippen molar-refractivity contribution in [2.45, 2.75) is 23.8 Å². The van der Waals surface area contributed by atoms with E-state index in [9.17, 15) is 8.42 Å². The van der Waals surface area contributed by atoms with Gasteiger partial charge in [-0.05, 0) is 44.0 Å². The molecule has 4 heterocycles. The third-order valence-corrected chi connectivity index (χ3v) is 5.60. The highest BCUT2D eigenvalue weighted by Crippen LogP contribution is 2.28. The summed E-state index contributed by atoms with van der Waals surface area (Å²) >= 11 is 0. The standard InChI is InChI=1S/C13H16N4O2S/c14-7-11-1-2-12(8-15-11)20(18,19)16-13-9-17-5-3-10(13)4-6-17/h1-2,8,10,13,16H,3-6,9H2. The Morgan fingerprint density at radius 1 is 1.35 bits per heavy atom. The van der Waals surface area contributed by atoms with Crippen LogP contribution in [0, 0.1) is 17.2 Å². The van der Waals surface area contributed by atoms with Gasteiger partial charge in [-0.3, -0.25) is 0 Å². The van der Waals surface area contributed by atoms with Gasteiger partial charge in [-0.25, -0.2) is 18.1 Å². The minimum absolute atomic E-state index is 0.0156. The minimum Gasteiger partial charge on any atom is -0.302 e. The summed E-state index contributed by atoms with van der Waals surface area (Å²) in [7, 11) is -3.56. The van der Waals surface area contributed by atoms with Gasteiger partial charge in [0.1, 0.15) is 16.7 Å². The highest BCUT2D eigenvalue weighted by molar-refractivity contribution is 7.89. The summed E-state index contributed by atoms with van der Waals surface area (Å²) < 4.78 is 27.4. The minimum atomic E-state index is -3.56. The van der Waals surface area contributed by atoms with Crippen molar-refractivity contribution in [2.75, 3.05) is 19.6 Å². The van der Waals surface area contributed by atoms with Gasteiger partial charge >= 0.3 is 0 Å². The fraction of sp³-hybridized carbons (Fsp3) is 0.538. The fourth-order valence-corrected chi connectivity index (χ4v) is 4.21. The molecule has 1 unspecified atom stereocenters. The molecule has 1 aromatic heterocycles. The quantitative estimate of drug-likeness (QED) is 0.867. The van der Waals surface area contributed by atoms with Crippen LogP contribution in [0.2, 0.25) is 0 Å². The van der Waals surface area contributed by atoms with E-state index >= 15 is 0 Å². The average molecular weight is 292 g/mol. The number of nitriles is 1. The Labute approximate surface area is 118 Å². The first-order chi connectivity index (χ1) is 9.58. The molecule has 0 amide bonds.